The van der Waals surface area contributed by atoms with Crippen LogP contribution in [-0.4, -0.2) is 34.4 Å². The number of aliphatic hydroxyl groups is 1. The predicted molar refractivity (Wildman–Crippen MR) is 76.4 cm³/mol. The highest BCUT2D eigenvalue weighted by Crippen LogP contribution is 2.43. The fraction of sp³-hybridized carbons (Fsp3) is 0.600. The number of halogens is 6. The van der Waals surface area contributed by atoms with Crippen LogP contribution >= 0.6 is 0 Å². The van der Waals surface area contributed by atoms with Gasteiger partial charge in [0.25, 0.3) is 5.91 Å². The highest BCUT2D eigenvalue weighted by Gasteiger charge is 2.43. The molecule has 0 spiro atoms. The summed E-state index contributed by atoms with van der Waals surface area (Å²) in [6.07, 6.45) is -8.93. The highest BCUT2D eigenvalue weighted by molar-refractivity contribution is 5.94. The number of ether oxygens (including phenoxy) is 1. The fourth-order valence-electron chi connectivity index (χ4n) is 2.58. The smallest absolute Gasteiger partial charge is 0.434 e. The molecule has 1 atom stereocenters. The molecule has 0 unspecified atom stereocenters. The number of alkyl halides is 6. The van der Waals surface area contributed by atoms with Gasteiger partial charge in [-0.15, -0.1) is 0 Å². The lowest BCUT2D eigenvalue weighted by Crippen LogP contribution is -2.31. The number of pyridine rings is 1. The van der Waals surface area contributed by atoms with Crippen LogP contribution in [0.15, 0.2) is 6.07 Å². The van der Waals surface area contributed by atoms with Gasteiger partial charge in [0.2, 0.25) is 5.88 Å². The maximum absolute atomic E-state index is 13.1. The van der Waals surface area contributed by atoms with E-state index in [9.17, 15) is 36.2 Å². The molecule has 1 saturated carbocycles. The van der Waals surface area contributed by atoms with Crippen molar-refractivity contribution in [2.75, 3.05) is 6.61 Å². The Morgan fingerprint density at radius 2 is 1.88 bits per heavy atom. The molecule has 0 bridgehead atoms. The standard InChI is InChI=1S/C15H16F6N2O3/c1-13(25,8-2-3-8)5-7-4-9(11(22)24)10(15(19,20)21)23-12(7)26-6-14(16,17)18/h4,8,25H,2-3,5-6H2,1H3,(H2,22,24)/t13-/m0/s1. The number of nitrogens with zero attached hydrogens (tertiary/aromatic N) is 1. The van der Waals surface area contributed by atoms with E-state index in [2.05, 4.69) is 9.72 Å². The zero-order valence-electron chi connectivity index (χ0n) is 13.5. The normalized spacial score (nSPS) is 17.7. The van der Waals surface area contributed by atoms with Crippen LogP contribution in [0.2, 0.25) is 0 Å². The third kappa shape index (κ3) is 4.99. The molecule has 5 nitrogen and oxygen atoms in total. The van der Waals surface area contributed by atoms with E-state index in [0.717, 1.165) is 0 Å². The number of primary amides is 1. The molecule has 3 N–H and O–H groups in total. The topological polar surface area (TPSA) is 85.4 Å². The second-order valence-corrected chi connectivity index (χ2v) is 6.42. The third-order valence-electron chi connectivity index (χ3n) is 3.97. The molecular weight excluding hydrogens is 370 g/mol. The van der Waals surface area contributed by atoms with Gasteiger partial charge in [-0.2, -0.15) is 26.3 Å². The van der Waals surface area contributed by atoms with Crippen LogP contribution in [0.4, 0.5) is 26.3 Å². The van der Waals surface area contributed by atoms with Crippen LogP contribution in [0.25, 0.3) is 0 Å². The second-order valence-electron chi connectivity index (χ2n) is 6.42. The number of hydrogen-bond acceptors (Lipinski definition) is 4. The molecule has 1 heterocycles. The number of carbonyl (C=O) groups excluding carboxylic acids is 1. The van der Waals surface area contributed by atoms with Crippen LogP contribution in [-0.2, 0) is 12.6 Å². The van der Waals surface area contributed by atoms with Crippen molar-refractivity contribution in [1.82, 2.24) is 4.98 Å². The van der Waals surface area contributed by atoms with E-state index in [4.69, 9.17) is 5.73 Å². The molecule has 0 radical (unpaired) electrons. The van der Waals surface area contributed by atoms with Crippen LogP contribution in [0.5, 0.6) is 5.88 Å². The molecule has 1 amide bonds. The minimum Gasteiger partial charge on any atom is -0.468 e. The summed E-state index contributed by atoms with van der Waals surface area (Å²) < 4.78 is 80.8. The summed E-state index contributed by atoms with van der Waals surface area (Å²) in [7, 11) is 0. The zero-order valence-corrected chi connectivity index (χ0v) is 13.5. The van der Waals surface area contributed by atoms with Gasteiger partial charge in [0.15, 0.2) is 12.3 Å². The van der Waals surface area contributed by atoms with Crippen molar-refractivity contribution in [2.45, 2.75) is 44.1 Å². The summed E-state index contributed by atoms with van der Waals surface area (Å²) in [4.78, 5) is 14.4. The first kappa shape index (κ1) is 20.3. The monoisotopic (exact) mass is 386 g/mol. The molecule has 26 heavy (non-hydrogen) atoms. The average molecular weight is 386 g/mol. The molecule has 11 heteroatoms. The van der Waals surface area contributed by atoms with Crippen molar-refractivity contribution in [1.29, 1.82) is 0 Å². The number of aromatic nitrogens is 1. The summed E-state index contributed by atoms with van der Waals surface area (Å²) in [6.45, 7) is -0.467. The van der Waals surface area contributed by atoms with Gasteiger partial charge < -0.3 is 15.6 Å². The molecule has 1 aliphatic carbocycles. The minimum absolute atomic E-state index is 0.155. The second kappa shape index (κ2) is 6.60. The Labute approximate surface area is 144 Å². The summed E-state index contributed by atoms with van der Waals surface area (Å²) >= 11 is 0. The van der Waals surface area contributed by atoms with E-state index in [-0.39, 0.29) is 17.9 Å². The van der Waals surface area contributed by atoms with Crippen LogP contribution in [0.3, 0.4) is 0 Å². The highest BCUT2D eigenvalue weighted by atomic mass is 19.4. The average Bonchev–Trinajstić information content (AvgIpc) is 3.27. The molecule has 1 aromatic rings. The summed E-state index contributed by atoms with van der Waals surface area (Å²) in [5.41, 5.74) is 0.554. The van der Waals surface area contributed by atoms with E-state index in [0.29, 0.717) is 18.9 Å². The molecule has 146 valence electrons. The van der Waals surface area contributed by atoms with E-state index >= 15 is 0 Å². The lowest BCUT2D eigenvalue weighted by atomic mass is 9.91. The summed E-state index contributed by atoms with van der Waals surface area (Å²) in [6, 6.07) is 0.681. The fourth-order valence-corrected chi connectivity index (χ4v) is 2.58. The Kier molecular flexibility index (Phi) is 5.15. The van der Waals surface area contributed by atoms with Gasteiger partial charge in [-0.25, -0.2) is 4.98 Å². The van der Waals surface area contributed by atoms with Crippen LogP contribution < -0.4 is 10.5 Å². The molecule has 0 saturated heterocycles. The van der Waals surface area contributed by atoms with Gasteiger partial charge in [-0.05, 0) is 31.7 Å². The SMILES string of the molecule is C[C@](O)(Cc1cc(C(N)=O)c(C(F)(F)F)nc1OCC(F)(F)F)C1CC1. The van der Waals surface area contributed by atoms with Crippen molar-refractivity contribution < 1.29 is 41.0 Å². The summed E-state index contributed by atoms with van der Waals surface area (Å²) in [5.74, 6) is -2.54. The van der Waals surface area contributed by atoms with Gasteiger partial charge in [-0.3, -0.25) is 4.79 Å². The first-order valence-electron chi connectivity index (χ1n) is 7.53. The van der Waals surface area contributed by atoms with E-state index in [1.165, 1.54) is 6.92 Å². The van der Waals surface area contributed by atoms with Gasteiger partial charge in [-0.1, -0.05) is 0 Å². The zero-order chi connectivity index (χ0) is 19.9. The quantitative estimate of drug-likeness (QED) is 0.737. The van der Waals surface area contributed by atoms with Crippen molar-refractivity contribution >= 4 is 5.91 Å². The number of nitrogens with two attached hydrogens (primary N) is 1. The van der Waals surface area contributed by atoms with Crippen molar-refractivity contribution in [3.8, 4) is 5.88 Å². The number of amides is 1. The van der Waals surface area contributed by atoms with Crippen molar-refractivity contribution in [3.05, 3.63) is 22.9 Å². The maximum atomic E-state index is 13.1. The molecule has 1 aliphatic rings. The summed E-state index contributed by atoms with van der Waals surface area (Å²) in [5, 5.41) is 10.4. The van der Waals surface area contributed by atoms with Gasteiger partial charge >= 0.3 is 12.4 Å². The molecule has 0 aromatic carbocycles. The lowest BCUT2D eigenvalue weighted by molar-refractivity contribution is -0.155. The first-order chi connectivity index (χ1) is 11.7. The van der Waals surface area contributed by atoms with E-state index < -0.39 is 47.6 Å². The molecule has 1 aromatic heterocycles. The van der Waals surface area contributed by atoms with Crippen molar-refractivity contribution in [2.24, 2.45) is 11.7 Å². The molecular formula is C15H16F6N2O3. The molecule has 1 fully saturated rings. The first-order valence-corrected chi connectivity index (χ1v) is 7.53. The lowest BCUT2D eigenvalue weighted by Gasteiger charge is -2.25. The van der Waals surface area contributed by atoms with Gasteiger partial charge in [0.1, 0.15) is 0 Å². The number of hydrogen-bond donors (Lipinski definition) is 2. The largest absolute Gasteiger partial charge is 0.468 e. The Morgan fingerprint density at radius 3 is 2.31 bits per heavy atom. The van der Waals surface area contributed by atoms with E-state index in [1.807, 2.05) is 0 Å². The van der Waals surface area contributed by atoms with Crippen LogP contribution in [0, 0.1) is 5.92 Å². The molecule has 2 rings (SSSR count). The van der Waals surface area contributed by atoms with E-state index in [1.54, 1.807) is 0 Å². The Morgan fingerprint density at radius 1 is 1.31 bits per heavy atom. The molecule has 0 aliphatic heterocycles. The number of rotatable bonds is 6. The van der Waals surface area contributed by atoms with Gasteiger partial charge in [0.05, 0.1) is 11.2 Å². The maximum Gasteiger partial charge on any atom is 0.434 e. The predicted octanol–water partition coefficient (Wildman–Crippen LogP) is 2.84. The number of carbonyl (C=O) groups is 1. The van der Waals surface area contributed by atoms with Gasteiger partial charge in [0, 0.05) is 12.0 Å². The Balaban J connectivity index is 2.50. The Bertz CT molecular complexity index is 696. The Hall–Kier alpha value is -2.04. The third-order valence-corrected chi connectivity index (χ3v) is 3.97. The minimum atomic E-state index is -5.13. The van der Waals surface area contributed by atoms with Crippen molar-refractivity contribution in [3.63, 3.8) is 0 Å². The van der Waals surface area contributed by atoms with Crippen LogP contribution in [0.1, 0.15) is 41.4 Å².